The molecule has 2 heterocycles. The SMILES string of the molecule is CSc1nn(C2CCCCC2)c2ncnc(N)c12. The van der Waals surface area contributed by atoms with Gasteiger partial charge in [-0.05, 0) is 19.1 Å². The number of hydrogen-bond donors (Lipinski definition) is 1. The van der Waals surface area contributed by atoms with Crippen LogP contribution >= 0.6 is 11.8 Å². The first-order valence-electron chi connectivity index (χ1n) is 6.34. The van der Waals surface area contributed by atoms with Gasteiger partial charge in [0.15, 0.2) is 5.65 Å². The molecule has 0 aromatic carbocycles. The minimum atomic E-state index is 0.469. The summed E-state index contributed by atoms with van der Waals surface area (Å²) in [6.07, 6.45) is 9.82. The number of nitrogens with zero attached hydrogens (tertiary/aromatic N) is 4. The number of rotatable bonds is 2. The third-order valence-corrected chi connectivity index (χ3v) is 4.27. The largest absolute Gasteiger partial charge is 0.383 e. The van der Waals surface area contributed by atoms with Crippen molar-refractivity contribution in [2.75, 3.05) is 12.0 Å². The van der Waals surface area contributed by atoms with Crippen molar-refractivity contribution in [2.45, 2.75) is 43.2 Å². The highest BCUT2D eigenvalue weighted by atomic mass is 32.2. The minimum absolute atomic E-state index is 0.469. The summed E-state index contributed by atoms with van der Waals surface area (Å²) in [5.41, 5.74) is 6.85. The number of aromatic nitrogens is 4. The normalized spacial score (nSPS) is 17.4. The fraction of sp³-hybridized carbons (Fsp3) is 0.583. The molecule has 0 atom stereocenters. The first kappa shape index (κ1) is 11.8. The van der Waals surface area contributed by atoms with Gasteiger partial charge in [-0.15, -0.1) is 11.8 Å². The van der Waals surface area contributed by atoms with E-state index in [4.69, 9.17) is 5.73 Å². The van der Waals surface area contributed by atoms with E-state index in [1.54, 1.807) is 11.8 Å². The zero-order chi connectivity index (χ0) is 12.5. The Morgan fingerprint density at radius 1 is 1.28 bits per heavy atom. The second-order valence-corrected chi connectivity index (χ2v) is 5.50. The summed E-state index contributed by atoms with van der Waals surface area (Å²) in [6.45, 7) is 0. The molecule has 0 unspecified atom stereocenters. The van der Waals surface area contributed by atoms with Gasteiger partial charge in [-0.3, -0.25) is 0 Å². The van der Waals surface area contributed by atoms with Crippen LogP contribution in [0.5, 0.6) is 0 Å². The maximum Gasteiger partial charge on any atom is 0.164 e. The monoisotopic (exact) mass is 263 g/mol. The van der Waals surface area contributed by atoms with Crippen LogP contribution in [0.15, 0.2) is 11.4 Å². The Morgan fingerprint density at radius 2 is 2.06 bits per heavy atom. The first-order chi connectivity index (χ1) is 8.81. The van der Waals surface area contributed by atoms with Crippen molar-refractivity contribution in [3.63, 3.8) is 0 Å². The molecule has 5 nitrogen and oxygen atoms in total. The fourth-order valence-corrected chi connectivity index (χ4v) is 3.26. The summed E-state index contributed by atoms with van der Waals surface area (Å²) < 4.78 is 2.07. The average Bonchev–Trinajstić information content (AvgIpc) is 2.80. The molecule has 2 N–H and O–H groups in total. The molecule has 0 spiro atoms. The average molecular weight is 263 g/mol. The molecule has 96 valence electrons. The highest BCUT2D eigenvalue weighted by molar-refractivity contribution is 7.98. The Balaban J connectivity index is 2.14. The predicted octanol–water partition coefficient (Wildman–Crippen LogP) is 2.64. The van der Waals surface area contributed by atoms with Gasteiger partial charge in [0, 0.05) is 0 Å². The lowest BCUT2D eigenvalue weighted by Crippen LogP contribution is -2.14. The number of hydrogen-bond acceptors (Lipinski definition) is 5. The van der Waals surface area contributed by atoms with E-state index in [1.807, 2.05) is 6.26 Å². The van der Waals surface area contributed by atoms with E-state index in [-0.39, 0.29) is 0 Å². The van der Waals surface area contributed by atoms with E-state index in [2.05, 4.69) is 19.7 Å². The van der Waals surface area contributed by atoms with Crippen molar-refractivity contribution in [3.05, 3.63) is 6.33 Å². The second-order valence-electron chi connectivity index (χ2n) is 4.70. The molecular formula is C12H17N5S. The van der Waals surface area contributed by atoms with E-state index >= 15 is 0 Å². The molecule has 0 amide bonds. The standard InChI is InChI=1S/C12H17N5S/c1-18-12-9-10(13)14-7-15-11(9)17(16-12)8-5-3-2-4-6-8/h7-8H,2-6H2,1H3,(H2,13,14,15). The summed E-state index contributed by atoms with van der Waals surface area (Å²) in [5, 5.41) is 6.54. The Hall–Kier alpha value is -1.30. The van der Waals surface area contributed by atoms with Gasteiger partial charge in [0.05, 0.1) is 11.4 Å². The van der Waals surface area contributed by atoms with Crippen molar-refractivity contribution >= 4 is 28.6 Å². The van der Waals surface area contributed by atoms with Crippen molar-refractivity contribution < 1.29 is 0 Å². The van der Waals surface area contributed by atoms with Crippen LogP contribution in [-0.4, -0.2) is 26.0 Å². The summed E-state index contributed by atoms with van der Waals surface area (Å²) >= 11 is 1.61. The fourth-order valence-electron chi connectivity index (χ4n) is 2.69. The molecular weight excluding hydrogens is 246 g/mol. The summed E-state index contributed by atoms with van der Waals surface area (Å²) in [4.78, 5) is 8.46. The number of nitrogen functional groups attached to an aromatic ring is 1. The maximum atomic E-state index is 5.96. The van der Waals surface area contributed by atoms with Crippen LogP contribution in [0.3, 0.4) is 0 Å². The molecule has 2 aromatic rings. The van der Waals surface area contributed by atoms with Crippen LogP contribution in [0.1, 0.15) is 38.1 Å². The van der Waals surface area contributed by atoms with Gasteiger partial charge >= 0.3 is 0 Å². The highest BCUT2D eigenvalue weighted by Gasteiger charge is 2.22. The summed E-state index contributed by atoms with van der Waals surface area (Å²) in [6, 6.07) is 0.469. The number of nitrogens with two attached hydrogens (primary N) is 1. The lowest BCUT2D eigenvalue weighted by molar-refractivity contribution is 0.332. The Bertz CT molecular complexity index is 559. The molecule has 18 heavy (non-hydrogen) atoms. The first-order valence-corrected chi connectivity index (χ1v) is 7.56. The summed E-state index contributed by atoms with van der Waals surface area (Å²) in [5.74, 6) is 0.534. The van der Waals surface area contributed by atoms with Crippen molar-refractivity contribution in [2.24, 2.45) is 0 Å². The molecule has 1 fully saturated rings. The quantitative estimate of drug-likeness (QED) is 0.843. The van der Waals surface area contributed by atoms with Crippen LogP contribution < -0.4 is 5.73 Å². The van der Waals surface area contributed by atoms with Crippen molar-refractivity contribution in [3.8, 4) is 0 Å². The third kappa shape index (κ3) is 1.84. The molecule has 0 radical (unpaired) electrons. The molecule has 0 aliphatic heterocycles. The van der Waals surface area contributed by atoms with Crippen molar-refractivity contribution in [1.82, 2.24) is 19.7 Å². The Labute approximate surface area is 110 Å². The van der Waals surface area contributed by atoms with Gasteiger partial charge < -0.3 is 5.73 Å². The lowest BCUT2D eigenvalue weighted by atomic mass is 9.96. The Morgan fingerprint density at radius 3 is 2.78 bits per heavy atom. The van der Waals surface area contributed by atoms with Gasteiger partial charge in [0.1, 0.15) is 17.2 Å². The molecule has 1 aliphatic carbocycles. The smallest absolute Gasteiger partial charge is 0.164 e. The molecule has 6 heteroatoms. The van der Waals surface area contributed by atoms with Crippen LogP contribution in [0, 0.1) is 0 Å². The number of anilines is 1. The topological polar surface area (TPSA) is 69.6 Å². The maximum absolute atomic E-state index is 5.96. The molecule has 0 saturated heterocycles. The van der Waals surface area contributed by atoms with E-state index in [9.17, 15) is 0 Å². The van der Waals surface area contributed by atoms with Crippen LogP contribution in [0.2, 0.25) is 0 Å². The molecule has 0 bridgehead atoms. The summed E-state index contributed by atoms with van der Waals surface area (Å²) in [7, 11) is 0. The Kier molecular flexibility index (Phi) is 3.11. The van der Waals surface area contributed by atoms with Crippen LogP contribution in [-0.2, 0) is 0 Å². The second kappa shape index (κ2) is 4.76. The van der Waals surface area contributed by atoms with E-state index in [0.29, 0.717) is 11.9 Å². The van der Waals surface area contributed by atoms with E-state index in [1.165, 1.54) is 38.4 Å². The van der Waals surface area contributed by atoms with Gasteiger partial charge in [0.25, 0.3) is 0 Å². The van der Waals surface area contributed by atoms with Gasteiger partial charge in [-0.25, -0.2) is 14.6 Å². The van der Waals surface area contributed by atoms with E-state index < -0.39 is 0 Å². The van der Waals surface area contributed by atoms with Crippen LogP contribution in [0.4, 0.5) is 5.82 Å². The molecule has 1 saturated carbocycles. The van der Waals surface area contributed by atoms with Gasteiger partial charge in [0.2, 0.25) is 0 Å². The van der Waals surface area contributed by atoms with Crippen LogP contribution in [0.25, 0.3) is 11.0 Å². The zero-order valence-corrected chi connectivity index (χ0v) is 11.3. The van der Waals surface area contributed by atoms with Crippen molar-refractivity contribution in [1.29, 1.82) is 0 Å². The molecule has 3 rings (SSSR count). The van der Waals surface area contributed by atoms with Gasteiger partial charge in [-0.2, -0.15) is 5.10 Å². The van der Waals surface area contributed by atoms with E-state index in [0.717, 1.165) is 16.1 Å². The molecule has 2 aromatic heterocycles. The lowest BCUT2D eigenvalue weighted by Gasteiger charge is -2.22. The number of thioether (sulfide) groups is 1. The highest BCUT2D eigenvalue weighted by Crippen LogP contribution is 2.34. The van der Waals surface area contributed by atoms with Gasteiger partial charge in [-0.1, -0.05) is 19.3 Å². The molecule has 1 aliphatic rings. The third-order valence-electron chi connectivity index (χ3n) is 3.60. The minimum Gasteiger partial charge on any atom is -0.383 e. The predicted molar refractivity (Wildman–Crippen MR) is 73.6 cm³/mol. The number of fused-ring (bicyclic) bond motifs is 1. The zero-order valence-electron chi connectivity index (χ0n) is 10.5.